The minimum absolute atomic E-state index is 0.0246. The van der Waals surface area contributed by atoms with E-state index in [9.17, 15) is 9.50 Å². The predicted molar refractivity (Wildman–Crippen MR) is 87.6 cm³/mol. The van der Waals surface area contributed by atoms with Crippen molar-refractivity contribution in [1.82, 2.24) is 0 Å². The summed E-state index contributed by atoms with van der Waals surface area (Å²) in [6.45, 7) is 5.69. The monoisotopic (exact) mass is 314 g/mol. The van der Waals surface area contributed by atoms with Gasteiger partial charge in [-0.2, -0.15) is 0 Å². The van der Waals surface area contributed by atoms with E-state index < -0.39 is 5.60 Å². The third kappa shape index (κ3) is 2.65. The fourth-order valence-electron chi connectivity index (χ4n) is 2.90. The van der Waals surface area contributed by atoms with Gasteiger partial charge < -0.3 is 14.6 Å². The van der Waals surface area contributed by atoms with Crippen LogP contribution in [0.3, 0.4) is 0 Å². The van der Waals surface area contributed by atoms with E-state index in [1.807, 2.05) is 32.9 Å². The molecule has 120 valence electrons. The minimum Gasteiger partial charge on any atom is -0.502 e. The van der Waals surface area contributed by atoms with Gasteiger partial charge in [0.05, 0.1) is 7.11 Å². The molecule has 0 atom stereocenters. The zero-order valence-corrected chi connectivity index (χ0v) is 13.6. The molecule has 0 saturated carbocycles. The van der Waals surface area contributed by atoms with E-state index in [1.165, 1.54) is 19.2 Å². The van der Waals surface area contributed by atoms with Gasteiger partial charge in [0.1, 0.15) is 11.4 Å². The molecule has 0 radical (unpaired) electrons. The highest BCUT2D eigenvalue weighted by Crippen LogP contribution is 2.48. The van der Waals surface area contributed by atoms with Gasteiger partial charge in [-0.1, -0.05) is 6.07 Å². The van der Waals surface area contributed by atoms with Gasteiger partial charge in [-0.3, -0.25) is 0 Å². The Hall–Kier alpha value is -2.49. The lowest BCUT2D eigenvalue weighted by molar-refractivity contribution is 0.150. The molecule has 23 heavy (non-hydrogen) atoms. The van der Waals surface area contributed by atoms with Crippen LogP contribution in [0.4, 0.5) is 4.39 Å². The third-order valence-corrected chi connectivity index (χ3v) is 3.94. The molecule has 2 aromatic carbocycles. The number of hydrogen-bond donors (Lipinski definition) is 1. The summed E-state index contributed by atoms with van der Waals surface area (Å²) >= 11 is 0. The number of aromatic hydroxyl groups is 1. The lowest BCUT2D eigenvalue weighted by atomic mass is 9.87. The lowest BCUT2D eigenvalue weighted by Crippen LogP contribution is -2.29. The molecule has 2 aromatic rings. The number of halogens is 1. The Bertz CT molecular complexity index is 807. The van der Waals surface area contributed by atoms with Crippen molar-refractivity contribution in [3.8, 4) is 17.2 Å². The molecule has 0 aromatic heterocycles. The quantitative estimate of drug-likeness (QED) is 0.890. The average molecular weight is 314 g/mol. The van der Waals surface area contributed by atoms with Crippen molar-refractivity contribution < 1.29 is 19.0 Å². The molecule has 0 saturated heterocycles. The number of rotatable bonds is 2. The standard InChI is InChI=1S/C19H19FO3/c1-11-9-12(20)5-6-13(11)15-10-19(2,3)23-18-14(15)7-8-16(22-4)17(18)21/h5-10,21H,1-4H3. The maximum absolute atomic E-state index is 13.4. The number of methoxy groups -OCH3 is 1. The molecular formula is C19H19FO3. The molecule has 1 N–H and O–H groups in total. The lowest BCUT2D eigenvalue weighted by Gasteiger charge is -2.32. The second-order valence-electron chi connectivity index (χ2n) is 6.22. The summed E-state index contributed by atoms with van der Waals surface area (Å²) in [5, 5.41) is 10.4. The summed E-state index contributed by atoms with van der Waals surface area (Å²) in [5.41, 5.74) is 2.81. The molecule has 4 heteroatoms. The van der Waals surface area contributed by atoms with Crippen LogP contribution in [0.1, 0.15) is 30.5 Å². The van der Waals surface area contributed by atoms with Crippen LogP contribution in [0.25, 0.3) is 5.57 Å². The Kier molecular flexibility index (Phi) is 3.55. The number of hydrogen-bond acceptors (Lipinski definition) is 3. The van der Waals surface area contributed by atoms with Crippen LogP contribution < -0.4 is 9.47 Å². The Morgan fingerprint density at radius 3 is 2.48 bits per heavy atom. The fraction of sp³-hybridized carbons (Fsp3) is 0.263. The molecule has 0 fully saturated rings. The molecule has 0 unspecified atom stereocenters. The van der Waals surface area contributed by atoms with Crippen molar-refractivity contribution in [2.24, 2.45) is 0 Å². The van der Waals surface area contributed by atoms with Crippen LogP contribution in [0.5, 0.6) is 17.2 Å². The Balaban J connectivity index is 2.25. The van der Waals surface area contributed by atoms with Crippen molar-refractivity contribution in [2.45, 2.75) is 26.4 Å². The Morgan fingerprint density at radius 1 is 1.13 bits per heavy atom. The van der Waals surface area contributed by atoms with Crippen LogP contribution in [0.15, 0.2) is 36.4 Å². The van der Waals surface area contributed by atoms with Gasteiger partial charge in [-0.25, -0.2) is 4.39 Å². The summed E-state index contributed by atoms with van der Waals surface area (Å²) in [7, 11) is 1.50. The summed E-state index contributed by atoms with van der Waals surface area (Å²) in [6, 6.07) is 8.24. The summed E-state index contributed by atoms with van der Waals surface area (Å²) < 4.78 is 24.5. The van der Waals surface area contributed by atoms with Gasteiger partial charge in [-0.15, -0.1) is 0 Å². The first-order chi connectivity index (χ1) is 10.8. The average Bonchev–Trinajstić information content (AvgIpc) is 2.47. The number of fused-ring (bicyclic) bond motifs is 1. The van der Waals surface area contributed by atoms with E-state index in [1.54, 1.807) is 12.1 Å². The molecule has 0 amide bonds. The van der Waals surface area contributed by atoms with E-state index in [0.717, 1.165) is 22.3 Å². The zero-order valence-electron chi connectivity index (χ0n) is 13.6. The molecule has 1 aliphatic rings. The molecule has 0 aliphatic carbocycles. The molecule has 3 nitrogen and oxygen atoms in total. The number of phenols is 1. The molecule has 3 rings (SSSR count). The van der Waals surface area contributed by atoms with Crippen molar-refractivity contribution in [3.63, 3.8) is 0 Å². The van der Waals surface area contributed by atoms with E-state index in [0.29, 0.717) is 11.5 Å². The smallest absolute Gasteiger partial charge is 0.201 e. The minimum atomic E-state index is -0.604. The van der Waals surface area contributed by atoms with Gasteiger partial charge in [0.15, 0.2) is 11.5 Å². The number of ether oxygens (including phenoxy) is 2. The van der Waals surface area contributed by atoms with Gasteiger partial charge in [0.2, 0.25) is 5.75 Å². The first-order valence-electron chi connectivity index (χ1n) is 7.41. The van der Waals surface area contributed by atoms with Gasteiger partial charge in [0, 0.05) is 5.56 Å². The van der Waals surface area contributed by atoms with Crippen LogP contribution in [0, 0.1) is 12.7 Å². The van der Waals surface area contributed by atoms with E-state index >= 15 is 0 Å². The first kappa shape index (κ1) is 15.4. The van der Waals surface area contributed by atoms with E-state index in [-0.39, 0.29) is 11.6 Å². The normalized spacial score (nSPS) is 15.4. The van der Waals surface area contributed by atoms with Crippen molar-refractivity contribution >= 4 is 5.57 Å². The van der Waals surface area contributed by atoms with Gasteiger partial charge in [-0.05, 0) is 67.8 Å². The topological polar surface area (TPSA) is 38.7 Å². The summed E-state index contributed by atoms with van der Waals surface area (Å²) in [4.78, 5) is 0. The van der Waals surface area contributed by atoms with Crippen molar-refractivity contribution in [3.05, 3.63) is 58.9 Å². The van der Waals surface area contributed by atoms with Gasteiger partial charge in [0.25, 0.3) is 0 Å². The third-order valence-electron chi connectivity index (χ3n) is 3.94. The van der Waals surface area contributed by atoms with Crippen LogP contribution >= 0.6 is 0 Å². The van der Waals surface area contributed by atoms with E-state index in [2.05, 4.69) is 0 Å². The largest absolute Gasteiger partial charge is 0.502 e. The zero-order chi connectivity index (χ0) is 16.8. The highest BCUT2D eigenvalue weighted by Gasteiger charge is 2.31. The second kappa shape index (κ2) is 5.30. The molecule has 0 bridgehead atoms. The first-order valence-corrected chi connectivity index (χ1v) is 7.41. The maximum atomic E-state index is 13.4. The highest BCUT2D eigenvalue weighted by atomic mass is 19.1. The maximum Gasteiger partial charge on any atom is 0.201 e. The van der Waals surface area contributed by atoms with Crippen LogP contribution in [-0.4, -0.2) is 17.8 Å². The summed E-state index contributed by atoms with van der Waals surface area (Å²) in [6.07, 6.45) is 1.99. The van der Waals surface area contributed by atoms with Crippen molar-refractivity contribution in [2.75, 3.05) is 7.11 Å². The Labute approximate surface area is 135 Å². The number of aryl methyl sites for hydroxylation is 1. The number of benzene rings is 2. The molecule has 1 aliphatic heterocycles. The SMILES string of the molecule is COc1ccc2c(c1O)OC(C)(C)C=C2c1ccc(F)cc1C. The molecule has 0 spiro atoms. The van der Waals surface area contributed by atoms with Crippen LogP contribution in [-0.2, 0) is 0 Å². The second-order valence-corrected chi connectivity index (χ2v) is 6.22. The fourth-order valence-corrected chi connectivity index (χ4v) is 2.90. The highest BCUT2D eigenvalue weighted by molar-refractivity contribution is 5.87. The van der Waals surface area contributed by atoms with Gasteiger partial charge >= 0.3 is 0 Å². The Morgan fingerprint density at radius 2 is 1.83 bits per heavy atom. The number of phenolic OH excluding ortho intramolecular Hbond substituents is 1. The summed E-state index contributed by atoms with van der Waals surface area (Å²) in [5.74, 6) is 0.451. The molecular weight excluding hydrogens is 295 g/mol. The molecule has 1 heterocycles. The predicted octanol–water partition coefficient (Wildman–Crippen LogP) is 4.45. The van der Waals surface area contributed by atoms with Crippen molar-refractivity contribution in [1.29, 1.82) is 0 Å². The van der Waals surface area contributed by atoms with E-state index in [4.69, 9.17) is 9.47 Å². The van der Waals surface area contributed by atoms with Crippen LogP contribution in [0.2, 0.25) is 0 Å².